The van der Waals surface area contributed by atoms with Gasteiger partial charge < -0.3 is 10.2 Å². The molecule has 0 aliphatic carbocycles. The third-order valence-corrected chi connectivity index (χ3v) is 5.84. The van der Waals surface area contributed by atoms with Crippen molar-refractivity contribution >= 4 is 5.96 Å². The Kier molecular flexibility index (Phi) is 7.58. The second-order valence-corrected chi connectivity index (χ2v) is 7.74. The van der Waals surface area contributed by atoms with Crippen molar-refractivity contribution in [3.05, 3.63) is 0 Å². The van der Waals surface area contributed by atoms with E-state index in [0.29, 0.717) is 32.2 Å². The molecule has 2 heterocycles. The number of rotatable bonds is 4. The highest BCUT2D eigenvalue weighted by atomic mass is 19.4. The average Bonchev–Trinajstić information content (AvgIpc) is 2.61. The number of hydrogen-bond acceptors (Lipinski definition) is 3. The Balaban J connectivity index is 1.77. The lowest BCUT2D eigenvalue weighted by molar-refractivity contribution is -0.181. The summed E-state index contributed by atoms with van der Waals surface area (Å²) in [6.07, 6.45) is -1.67. The van der Waals surface area contributed by atoms with Gasteiger partial charge in [-0.05, 0) is 45.7 Å². The van der Waals surface area contributed by atoms with Crippen molar-refractivity contribution in [1.82, 2.24) is 20.0 Å². The molecule has 0 aromatic rings. The predicted molar refractivity (Wildman–Crippen MR) is 99.5 cm³/mol. The van der Waals surface area contributed by atoms with E-state index in [9.17, 15) is 13.2 Å². The second-order valence-electron chi connectivity index (χ2n) is 7.74. The van der Waals surface area contributed by atoms with Crippen LogP contribution in [0.15, 0.2) is 4.99 Å². The summed E-state index contributed by atoms with van der Waals surface area (Å²) >= 11 is 0. The van der Waals surface area contributed by atoms with E-state index in [-0.39, 0.29) is 0 Å². The number of alkyl halides is 3. The van der Waals surface area contributed by atoms with Gasteiger partial charge in [-0.25, -0.2) is 0 Å². The maximum atomic E-state index is 12.9. The van der Waals surface area contributed by atoms with Gasteiger partial charge in [0, 0.05) is 45.8 Å². The smallest absolute Gasteiger partial charge is 0.355 e. The van der Waals surface area contributed by atoms with E-state index in [1.54, 1.807) is 7.05 Å². The molecule has 0 amide bonds. The molecule has 0 bridgehead atoms. The van der Waals surface area contributed by atoms with Crippen molar-refractivity contribution < 1.29 is 13.2 Å². The summed E-state index contributed by atoms with van der Waals surface area (Å²) in [5.41, 5.74) is 0. The van der Waals surface area contributed by atoms with Gasteiger partial charge in [0.15, 0.2) is 5.96 Å². The first-order chi connectivity index (χ1) is 12.2. The van der Waals surface area contributed by atoms with Gasteiger partial charge in [0.05, 0.1) is 0 Å². The van der Waals surface area contributed by atoms with Crippen LogP contribution in [0, 0.1) is 5.92 Å². The summed E-state index contributed by atoms with van der Waals surface area (Å²) < 4.78 is 38.6. The van der Waals surface area contributed by atoms with Crippen LogP contribution in [0.25, 0.3) is 0 Å². The Bertz CT molecular complexity index is 452. The van der Waals surface area contributed by atoms with Crippen LogP contribution in [0.1, 0.15) is 33.6 Å². The van der Waals surface area contributed by atoms with Crippen molar-refractivity contribution in [2.45, 2.75) is 51.9 Å². The predicted octanol–water partition coefficient (Wildman–Crippen LogP) is 2.25. The monoisotopic (exact) mass is 377 g/mol. The third kappa shape index (κ3) is 5.74. The molecule has 0 aromatic heterocycles. The van der Waals surface area contributed by atoms with Crippen molar-refractivity contribution in [2.75, 3.05) is 52.9 Å². The van der Waals surface area contributed by atoms with E-state index in [1.807, 2.05) is 0 Å². The van der Waals surface area contributed by atoms with E-state index in [0.717, 1.165) is 31.5 Å². The molecule has 1 N–H and O–H groups in total. The van der Waals surface area contributed by atoms with Crippen LogP contribution in [-0.2, 0) is 0 Å². The number of halogens is 3. The zero-order valence-corrected chi connectivity index (χ0v) is 16.5. The molecule has 26 heavy (non-hydrogen) atoms. The highest BCUT2D eigenvalue weighted by Gasteiger charge is 2.41. The number of nitrogens with one attached hydrogen (secondary N) is 1. The zero-order valence-electron chi connectivity index (χ0n) is 16.5. The Hall–Kier alpha value is -1.02. The molecule has 5 nitrogen and oxygen atoms in total. The Morgan fingerprint density at radius 2 is 1.62 bits per heavy atom. The fourth-order valence-electron chi connectivity index (χ4n) is 3.70. The van der Waals surface area contributed by atoms with Crippen molar-refractivity contribution in [3.63, 3.8) is 0 Å². The molecule has 2 rings (SSSR count). The topological polar surface area (TPSA) is 34.1 Å². The molecule has 0 radical (unpaired) electrons. The van der Waals surface area contributed by atoms with Gasteiger partial charge in [-0.3, -0.25) is 14.8 Å². The molecule has 2 aliphatic heterocycles. The molecule has 0 spiro atoms. The normalized spacial score (nSPS) is 24.6. The molecule has 8 heteroatoms. The minimum Gasteiger partial charge on any atom is -0.355 e. The number of piperazine rings is 1. The second kappa shape index (κ2) is 9.26. The van der Waals surface area contributed by atoms with E-state index in [4.69, 9.17) is 0 Å². The van der Waals surface area contributed by atoms with Crippen LogP contribution in [0.5, 0.6) is 0 Å². The van der Waals surface area contributed by atoms with Crippen LogP contribution in [-0.4, -0.2) is 91.8 Å². The van der Waals surface area contributed by atoms with Crippen LogP contribution < -0.4 is 5.32 Å². The fraction of sp³-hybridized carbons (Fsp3) is 0.944. The van der Waals surface area contributed by atoms with E-state index in [1.165, 1.54) is 24.7 Å². The minimum absolute atomic E-state index is 0.404. The largest absolute Gasteiger partial charge is 0.403 e. The molecule has 2 saturated heterocycles. The number of nitrogens with zero attached hydrogens (tertiary/aromatic N) is 4. The first-order valence-electron chi connectivity index (χ1n) is 9.72. The minimum atomic E-state index is -4.16. The summed E-state index contributed by atoms with van der Waals surface area (Å²) in [6.45, 7) is 10.8. The summed E-state index contributed by atoms with van der Waals surface area (Å²) in [5, 5.41) is 3.42. The quantitative estimate of drug-likeness (QED) is 0.602. The molecule has 2 fully saturated rings. The maximum absolute atomic E-state index is 12.9. The average molecular weight is 377 g/mol. The van der Waals surface area contributed by atoms with Crippen LogP contribution >= 0.6 is 0 Å². The fourth-order valence-corrected chi connectivity index (χ4v) is 3.70. The number of aliphatic imine (C=N–C) groups is 1. The molecule has 0 aromatic carbocycles. The van der Waals surface area contributed by atoms with E-state index in [2.05, 4.69) is 34.0 Å². The van der Waals surface area contributed by atoms with Gasteiger partial charge in [-0.1, -0.05) is 6.92 Å². The lowest BCUT2D eigenvalue weighted by atomic mass is 9.98. The molecule has 2 unspecified atom stereocenters. The van der Waals surface area contributed by atoms with Gasteiger partial charge in [-0.2, -0.15) is 13.2 Å². The summed E-state index contributed by atoms with van der Waals surface area (Å²) in [5.74, 6) is 1.61. The lowest BCUT2D eigenvalue weighted by Gasteiger charge is -2.40. The van der Waals surface area contributed by atoms with Gasteiger partial charge >= 0.3 is 6.18 Å². The van der Waals surface area contributed by atoms with Crippen LogP contribution in [0.2, 0.25) is 0 Å². The van der Waals surface area contributed by atoms with Crippen LogP contribution in [0.3, 0.4) is 0 Å². The van der Waals surface area contributed by atoms with Crippen molar-refractivity contribution in [1.29, 1.82) is 0 Å². The van der Waals surface area contributed by atoms with E-state index < -0.39 is 12.2 Å². The number of hydrogen-bond donors (Lipinski definition) is 1. The standard InChI is InChI=1S/C18H34F3N5/c1-14-5-7-24(8-6-14)15(2)13-23-17(22-4)26-11-9-25(10-12-26)16(3)18(19,20)21/h14-16H,5-13H2,1-4H3,(H,22,23). The van der Waals surface area contributed by atoms with Crippen molar-refractivity contribution in [2.24, 2.45) is 10.9 Å². The Morgan fingerprint density at radius 3 is 2.12 bits per heavy atom. The summed E-state index contributed by atoms with van der Waals surface area (Å²) in [7, 11) is 1.74. The van der Waals surface area contributed by atoms with Gasteiger partial charge in [0.1, 0.15) is 6.04 Å². The maximum Gasteiger partial charge on any atom is 0.403 e. The first kappa shape index (κ1) is 21.3. The molecular weight excluding hydrogens is 343 g/mol. The first-order valence-corrected chi connectivity index (χ1v) is 9.72. The molecular formula is C18H34F3N5. The Morgan fingerprint density at radius 1 is 1.04 bits per heavy atom. The zero-order chi connectivity index (χ0) is 19.3. The molecule has 2 aliphatic rings. The van der Waals surface area contributed by atoms with Gasteiger partial charge in [0.2, 0.25) is 0 Å². The highest BCUT2D eigenvalue weighted by molar-refractivity contribution is 5.80. The molecule has 152 valence electrons. The molecule has 0 saturated carbocycles. The van der Waals surface area contributed by atoms with Gasteiger partial charge in [-0.15, -0.1) is 0 Å². The number of guanidine groups is 1. The lowest BCUT2D eigenvalue weighted by Crippen LogP contribution is -2.57. The van der Waals surface area contributed by atoms with Crippen molar-refractivity contribution in [3.8, 4) is 0 Å². The Labute approximate surface area is 155 Å². The van der Waals surface area contributed by atoms with Gasteiger partial charge in [0.25, 0.3) is 0 Å². The number of likely N-dealkylation sites (tertiary alicyclic amines) is 1. The SMILES string of the molecule is CN=C(NCC(C)N1CCC(C)CC1)N1CCN(C(C)C(F)(F)F)CC1. The third-order valence-electron chi connectivity index (χ3n) is 5.84. The summed E-state index contributed by atoms with van der Waals surface area (Å²) in [6, 6.07) is -0.966. The van der Waals surface area contributed by atoms with Crippen LogP contribution in [0.4, 0.5) is 13.2 Å². The summed E-state index contributed by atoms with van der Waals surface area (Å²) in [4.78, 5) is 10.4. The highest BCUT2D eigenvalue weighted by Crippen LogP contribution is 2.25. The van der Waals surface area contributed by atoms with E-state index >= 15 is 0 Å². The number of piperidine rings is 1. The molecule has 2 atom stereocenters.